The number of methoxy groups -OCH3 is 2. The van der Waals surface area contributed by atoms with Gasteiger partial charge in [0.2, 0.25) is 0 Å². The van der Waals surface area contributed by atoms with Gasteiger partial charge in [-0.1, -0.05) is 19.1 Å². The third kappa shape index (κ3) is 4.62. The van der Waals surface area contributed by atoms with E-state index in [1.165, 1.54) is 12.7 Å². The Kier molecular flexibility index (Phi) is 6.16. The minimum Gasteiger partial charge on any atom is -0.493 e. The number of anilines is 1. The van der Waals surface area contributed by atoms with Crippen LogP contribution in [-0.4, -0.2) is 29.9 Å². The van der Waals surface area contributed by atoms with Crippen molar-refractivity contribution < 1.29 is 19.0 Å². The van der Waals surface area contributed by atoms with Crippen LogP contribution in [0, 0.1) is 0 Å². The molecule has 0 unspecified atom stereocenters. The summed E-state index contributed by atoms with van der Waals surface area (Å²) in [6.45, 7) is 2.36. The largest absolute Gasteiger partial charge is 0.493 e. The average molecular weight is 381 g/mol. The topological polar surface area (TPSA) is 74.6 Å². The number of benzene rings is 2. The normalized spacial score (nSPS) is 10.4. The third-order valence-electron chi connectivity index (χ3n) is 4.23. The first-order valence-corrected chi connectivity index (χ1v) is 8.90. The highest BCUT2D eigenvalue weighted by molar-refractivity contribution is 6.04. The van der Waals surface area contributed by atoms with E-state index >= 15 is 0 Å². The van der Waals surface area contributed by atoms with Crippen molar-refractivity contribution in [2.24, 2.45) is 0 Å². The van der Waals surface area contributed by atoms with Gasteiger partial charge in [0.25, 0.3) is 5.91 Å². The number of rotatable bonds is 8. The number of aromatic nitrogens is 2. The van der Waals surface area contributed by atoms with Crippen molar-refractivity contribution in [3.05, 3.63) is 66.0 Å². The van der Waals surface area contributed by atoms with Crippen LogP contribution in [0.15, 0.2) is 54.9 Å². The van der Waals surface area contributed by atoms with Crippen molar-refractivity contribution in [1.82, 2.24) is 9.78 Å². The Morgan fingerprint density at radius 2 is 1.82 bits per heavy atom. The number of ether oxygens (including phenoxy) is 3. The smallest absolute Gasteiger partial charge is 0.255 e. The summed E-state index contributed by atoms with van der Waals surface area (Å²) in [5, 5.41) is 7.01. The zero-order valence-corrected chi connectivity index (χ0v) is 16.1. The molecule has 3 rings (SSSR count). The monoisotopic (exact) mass is 381 g/mol. The second-order valence-electron chi connectivity index (χ2n) is 6.06. The summed E-state index contributed by atoms with van der Waals surface area (Å²) >= 11 is 0. The Balaban J connectivity index is 1.59. The van der Waals surface area contributed by atoms with Crippen LogP contribution >= 0.6 is 0 Å². The fourth-order valence-corrected chi connectivity index (χ4v) is 2.64. The Morgan fingerprint density at radius 3 is 2.50 bits per heavy atom. The fourth-order valence-electron chi connectivity index (χ4n) is 2.64. The van der Waals surface area contributed by atoms with Gasteiger partial charge in [0.15, 0.2) is 18.2 Å². The first-order chi connectivity index (χ1) is 13.6. The van der Waals surface area contributed by atoms with E-state index in [2.05, 4.69) is 17.3 Å². The molecule has 1 amide bonds. The quantitative estimate of drug-likeness (QED) is 0.643. The van der Waals surface area contributed by atoms with E-state index in [1.807, 2.05) is 24.3 Å². The van der Waals surface area contributed by atoms with Crippen LogP contribution in [0.5, 0.6) is 17.2 Å². The number of amides is 1. The molecule has 1 N–H and O–H groups in total. The Labute approximate surface area is 163 Å². The first-order valence-electron chi connectivity index (χ1n) is 8.90. The second kappa shape index (κ2) is 8.94. The molecular weight excluding hydrogens is 358 g/mol. The molecule has 3 aromatic rings. The van der Waals surface area contributed by atoms with Gasteiger partial charge in [0, 0.05) is 5.56 Å². The van der Waals surface area contributed by atoms with Crippen molar-refractivity contribution in [3.8, 4) is 17.2 Å². The van der Waals surface area contributed by atoms with Crippen molar-refractivity contribution in [3.63, 3.8) is 0 Å². The van der Waals surface area contributed by atoms with Crippen LogP contribution in [0.3, 0.4) is 0 Å². The molecule has 0 radical (unpaired) electrons. The van der Waals surface area contributed by atoms with Crippen molar-refractivity contribution in [2.75, 3.05) is 19.5 Å². The second-order valence-corrected chi connectivity index (χ2v) is 6.06. The molecule has 0 spiro atoms. The van der Waals surface area contributed by atoms with E-state index in [-0.39, 0.29) is 12.6 Å². The van der Waals surface area contributed by atoms with E-state index in [9.17, 15) is 4.79 Å². The molecular formula is C21H23N3O4. The minimum atomic E-state index is -0.267. The molecule has 2 aromatic carbocycles. The SMILES string of the molecule is CCc1ccc(OCn2cc(NC(=O)c3ccc(OC)c(OC)c3)cn2)cc1. The van der Waals surface area contributed by atoms with Gasteiger partial charge in [-0.15, -0.1) is 0 Å². The van der Waals surface area contributed by atoms with Crippen molar-refractivity contribution in [1.29, 1.82) is 0 Å². The van der Waals surface area contributed by atoms with Gasteiger partial charge < -0.3 is 19.5 Å². The maximum absolute atomic E-state index is 12.5. The summed E-state index contributed by atoms with van der Waals surface area (Å²) in [5.74, 6) is 1.56. The Bertz CT molecular complexity index is 935. The number of carbonyl (C=O) groups excluding carboxylic acids is 1. The van der Waals surface area contributed by atoms with Crippen molar-refractivity contribution >= 4 is 11.6 Å². The fraction of sp³-hybridized carbons (Fsp3) is 0.238. The lowest BCUT2D eigenvalue weighted by Crippen LogP contribution is -2.12. The lowest BCUT2D eigenvalue weighted by Gasteiger charge is -2.09. The van der Waals surface area contributed by atoms with Gasteiger partial charge in [-0.2, -0.15) is 5.10 Å². The number of nitrogens with one attached hydrogen (secondary N) is 1. The molecule has 0 aliphatic rings. The molecule has 146 valence electrons. The molecule has 0 saturated heterocycles. The predicted octanol–water partition coefficient (Wildman–Crippen LogP) is 3.75. The van der Waals surface area contributed by atoms with Gasteiger partial charge in [-0.25, -0.2) is 4.68 Å². The highest BCUT2D eigenvalue weighted by Crippen LogP contribution is 2.27. The molecule has 7 nitrogen and oxygen atoms in total. The lowest BCUT2D eigenvalue weighted by molar-refractivity contribution is 0.102. The van der Waals surface area contributed by atoms with Crippen LogP contribution in [0.1, 0.15) is 22.8 Å². The van der Waals surface area contributed by atoms with E-state index < -0.39 is 0 Å². The Morgan fingerprint density at radius 1 is 1.07 bits per heavy atom. The number of aryl methyl sites for hydroxylation is 1. The summed E-state index contributed by atoms with van der Waals surface area (Å²) in [4.78, 5) is 12.5. The van der Waals surface area contributed by atoms with Gasteiger partial charge in [-0.05, 0) is 42.3 Å². The van der Waals surface area contributed by atoms with Crippen LogP contribution in [-0.2, 0) is 13.2 Å². The van der Waals surface area contributed by atoms with Gasteiger partial charge in [-0.3, -0.25) is 4.79 Å². The molecule has 0 aliphatic heterocycles. The van der Waals surface area contributed by atoms with Gasteiger partial charge in [0.05, 0.1) is 32.3 Å². The highest BCUT2D eigenvalue weighted by atomic mass is 16.5. The van der Waals surface area contributed by atoms with Gasteiger partial charge >= 0.3 is 0 Å². The minimum absolute atomic E-state index is 0.248. The van der Waals surface area contributed by atoms with E-state index in [4.69, 9.17) is 14.2 Å². The molecule has 0 aliphatic carbocycles. The molecule has 7 heteroatoms. The average Bonchev–Trinajstić information content (AvgIpc) is 3.19. The summed E-state index contributed by atoms with van der Waals surface area (Å²) in [6, 6.07) is 12.9. The zero-order chi connectivity index (χ0) is 19.9. The lowest BCUT2D eigenvalue weighted by atomic mass is 10.2. The van der Waals surface area contributed by atoms with Gasteiger partial charge in [0.1, 0.15) is 5.75 Å². The number of hydrogen-bond acceptors (Lipinski definition) is 5. The maximum atomic E-state index is 12.5. The third-order valence-corrected chi connectivity index (χ3v) is 4.23. The molecule has 1 heterocycles. The van der Waals surface area contributed by atoms with Crippen LogP contribution in [0.25, 0.3) is 0 Å². The zero-order valence-electron chi connectivity index (χ0n) is 16.1. The summed E-state index contributed by atoms with van der Waals surface area (Å²) in [6.07, 6.45) is 4.27. The summed E-state index contributed by atoms with van der Waals surface area (Å²) < 4.78 is 17.7. The van der Waals surface area contributed by atoms with E-state index in [0.29, 0.717) is 22.7 Å². The molecule has 0 fully saturated rings. The molecule has 0 saturated carbocycles. The van der Waals surface area contributed by atoms with Crippen LogP contribution in [0.4, 0.5) is 5.69 Å². The van der Waals surface area contributed by atoms with Crippen LogP contribution < -0.4 is 19.5 Å². The number of hydrogen-bond donors (Lipinski definition) is 1. The molecule has 28 heavy (non-hydrogen) atoms. The van der Waals surface area contributed by atoms with E-state index in [0.717, 1.165) is 12.2 Å². The maximum Gasteiger partial charge on any atom is 0.255 e. The number of nitrogens with zero attached hydrogens (tertiary/aromatic N) is 2. The molecule has 1 aromatic heterocycles. The van der Waals surface area contributed by atoms with Crippen molar-refractivity contribution in [2.45, 2.75) is 20.1 Å². The summed E-state index contributed by atoms with van der Waals surface area (Å²) in [7, 11) is 3.07. The highest BCUT2D eigenvalue weighted by Gasteiger charge is 2.12. The molecule has 0 bridgehead atoms. The standard InChI is InChI=1S/C21H23N3O4/c1-4-15-5-8-18(9-6-15)28-14-24-13-17(12-22-24)23-21(25)16-7-10-19(26-2)20(11-16)27-3/h5-13H,4,14H2,1-3H3,(H,23,25). The molecule has 0 atom stereocenters. The van der Waals surface area contributed by atoms with E-state index in [1.54, 1.807) is 42.4 Å². The Hall–Kier alpha value is -3.48. The summed E-state index contributed by atoms with van der Waals surface area (Å²) in [5.41, 5.74) is 2.29. The number of carbonyl (C=O) groups is 1. The predicted molar refractivity (Wildman–Crippen MR) is 106 cm³/mol. The first kappa shape index (κ1) is 19.3. The van der Waals surface area contributed by atoms with Crippen LogP contribution in [0.2, 0.25) is 0 Å².